The normalized spacial score (nSPS) is 11.7. The highest BCUT2D eigenvalue weighted by atomic mass is 32.2. The summed E-state index contributed by atoms with van der Waals surface area (Å²) < 4.78 is 0. The summed E-state index contributed by atoms with van der Waals surface area (Å²) in [7, 11) is 3.51. The van der Waals surface area contributed by atoms with E-state index in [0.717, 1.165) is 22.4 Å². The van der Waals surface area contributed by atoms with Gasteiger partial charge in [0.1, 0.15) is 16.6 Å². The van der Waals surface area contributed by atoms with E-state index < -0.39 is 5.25 Å². The Hall–Kier alpha value is -3.51. The van der Waals surface area contributed by atoms with Crippen LogP contribution in [0.2, 0.25) is 0 Å². The Kier molecular flexibility index (Phi) is 6.38. The van der Waals surface area contributed by atoms with Crippen LogP contribution in [-0.2, 0) is 4.79 Å². The smallest absolute Gasteiger partial charge is 0.240 e. The van der Waals surface area contributed by atoms with E-state index in [0.29, 0.717) is 10.9 Å². The van der Waals surface area contributed by atoms with Crippen molar-refractivity contribution >= 4 is 17.7 Å². The summed E-state index contributed by atoms with van der Waals surface area (Å²) in [5.74, 6) is -0.0202. The molecule has 0 aliphatic carbocycles. The predicted octanol–water partition coefficient (Wildman–Crippen LogP) is 5.13. The van der Waals surface area contributed by atoms with Crippen LogP contribution in [0.4, 0.5) is 0 Å². The van der Waals surface area contributed by atoms with Crippen LogP contribution >= 0.6 is 11.8 Å². The molecule has 1 unspecified atom stereocenters. The van der Waals surface area contributed by atoms with Crippen molar-refractivity contribution in [1.29, 1.82) is 0 Å². The van der Waals surface area contributed by atoms with Gasteiger partial charge in [-0.2, -0.15) is 0 Å². The minimum absolute atomic E-state index is 0.0202. The highest BCUT2D eigenvalue weighted by Crippen LogP contribution is 2.36. The lowest BCUT2D eigenvalue weighted by molar-refractivity contribution is -0.128. The van der Waals surface area contributed by atoms with Gasteiger partial charge in [0.25, 0.3) is 0 Å². The number of thioether (sulfide) groups is 1. The zero-order valence-electron chi connectivity index (χ0n) is 17.3. The Morgan fingerprint density at radius 1 is 0.742 bits per heavy atom. The molecule has 4 aromatic rings. The molecule has 31 heavy (non-hydrogen) atoms. The first-order chi connectivity index (χ1) is 15.1. The van der Waals surface area contributed by atoms with Crippen LogP contribution < -0.4 is 0 Å². The van der Waals surface area contributed by atoms with Crippen molar-refractivity contribution in [1.82, 2.24) is 20.1 Å². The van der Waals surface area contributed by atoms with Gasteiger partial charge in [0.2, 0.25) is 11.1 Å². The van der Waals surface area contributed by atoms with Gasteiger partial charge in [-0.1, -0.05) is 103 Å². The van der Waals surface area contributed by atoms with Crippen LogP contribution in [0.25, 0.3) is 22.5 Å². The predicted molar refractivity (Wildman–Crippen MR) is 124 cm³/mol. The fraction of sp³-hybridized carbons (Fsp3) is 0.120. The first-order valence-corrected chi connectivity index (χ1v) is 10.8. The van der Waals surface area contributed by atoms with Crippen molar-refractivity contribution in [3.63, 3.8) is 0 Å². The number of amides is 1. The summed E-state index contributed by atoms with van der Waals surface area (Å²) in [5.41, 5.74) is 4.26. The standard InChI is InChI=1S/C25H22N4OS/c1-29(2)24(30)23(20-16-10-5-11-17-20)31-25-26-21(18-12-6-3-7-13-18)22(27-28-25)19-14-8-4-9-15-19/h3-17,23H,1-2H3. The number of hydrogen-bond acceptors (Lipinski definition) is 5. The van der Waals surface area contributed by atoms with Gasteiger partial charge in [-0.3, -0.25) is 4.79 Å². The van der Waals surface area contributed by atoms with Crippen molar-refractivity contribution in [3.8, 4) is 22.5 Å². The molecule has 0 radical (unpaired) electrons. The molecule has 0 aliphatic heterocycles. The van der Waals surface area contributed by atoms with Gasteiger partial charge in [-0.15, -0.1) is 10.2 Å². The lowest BCUT2D eigenvalue weighted by atomic mass is 10.0. The summed E-state index contributed by atoms with van der Waals surface area (Å²) in [4.78, 5) is 19.4. The van der Waals surface area contributed by atoms with Crippen molar-refractivity contribution in [3.05, 3.63) is 96.6 Å². The molecule has 3 aromatic carbocycles. The molecule has 1 heterocycles. The van der Waals surface area contributed by atoms with Gasteiger partial charge < -0.3 is 4.90 Å². The maximum absolute atomic E-state index is 12.9. The van der Waals surface area contributed by atoms with E-state index in [4.69, 9.17) is 4.98 Å². The molecule has 0 aliphatic rings. The first-order valence-electron chi connectivity index (χ1n) is 9.92. The highest BCUT2D eigenvalue weighted by Gasteiger charge is 2.26. The third-order valence-corrected chi connectivity index (χ3v) is 5.85. The molecule has 4 rings (SSSR count). The van der Waals surface area contributed by atoms with Crippen LogP contribution in [0, 0.1) is 0 Å². The van der Waals surface area contributed by atoms with Gasteiger partial charge in [-0.25, -0.2) is 4.98 Å². The number of aromatic nitrogens is 3. The van der Waals surface area contributed by atoms with Gasteiger partial charge in [0.15, 0.2) is 0 Å². The minimum Gasteiger partial charge on any atom is -0.348 e. The van der Waals surface area contributed by atoms with E-state index in [-0.39, 0.29) is 5.91 Å². The van der Waals surface area contributed by atoms with Crippen LogP contribution in [0.3, 0.4) is 0 Å². The number of likely N-dealkylation sites (N-methyl/N-ethyl adjacent to an activating group) is 1. The first kappa shape index (κ1) is 20.8. The Morgan fingerprint density at radius 3 is 1.81 bits per heavy atom. The molecule has 0 bridgehead atoms. The zero-order chi connectivity index (χ0) is 21.6. The maximum Gasteiger partial charge on any atom is 0.240 e. The molecular weight excluding hydrogens is 404 g/mol. The molecule has 1 atom stereocenters. The highest BCUT2D eigenvalue weighted by molar-refractivity contribution is 8.00. The Labute approximate surface area is 186 Å². The third-order valence-electron chi connectivity index (χ3n) is 4.75. The summed E-state index contributed by atoms with van der Waals surface area (Å²) >= 11 is 1.32. The molecular formula is C25H22N4OS. The van der Waals surface area contributed by atoms with Gasteiger partial charge in [-0.05, 0) is 5.56 Å². The van der Waals surface area contributed by atoms with E-state index in [9.17, 15) is 4.79 Å². The summed E-state index contributed by atoms with van der Waals surface area (Å²) in [5, 5.41) is 8.90. The average Bonchev–Trinajstić information content (AvgIpc) is 2.83. The summed E-state index contributed by atoms with van der Waals surface area (Å²) in [6, 6.07) is 29.5. The topological polar surface area (TPSA) is 59.0 Å². The molecule has 0 spiro atoms. The fourth-order valence-electron chi connectivity index (χ4n) is 3.18. The number of carbonyl (C=O) groups is 1. The van der Waals surface area contributed by atoms with E-state index in [1.807, 2.05) is 91.0 Å². The number of rotatable bonds is 6. The summed E-state index contributed by atoms with van der Waals surface area (Å²) in [6.45, 7) is 0. The Morgan fingerprint density at radius 2 is 1.26 bits per heavy atom. The second kappa shape index (κ2) is 9.53. The molecule has 0 N–H and O–H groups in total. The third kappa shape index (κ3) is 4.81. The van der Waals surface area contributed by atoms with E-state index in [1.165, 1.54) is 11.8 Å². The van der Waals surface area contributed by atoms with Gasteiger partial charge in [0.05, 0.1) is 0 Å². The van der Waals surface area contributed by atoms with Crippen molar-refractivity contribution < 1.29 is 4.79 Å². The monoisotopic (exact) mass is 426 g/mol. The zero-order valence-corrected chi connectivity index (χ0v) is 18.2. The molecule has 1 aromatic heterocycles. The lowest BCUT2D eigenvalue weighted by Gasteiger charge is -2.20. The molecule has 0 fully saturated rings. The summed E-state index contributed by atoms with van der Waals surface area (Å²) in [6.07, 6.45) is 0. The van der Waals surface area contributed by atoms with Crippen LogP contribution in [0.1, 0.15) is 10.8 Å². The number of benzene rings is 3. The van der Waals surface area contributed by atoms with E-state index in [2.05, 4.69) is 10.2 Å². The Bertz CT molecular complexity index is 1150. The van der Waals surface area contributed by atoms with Crippen LogP contribution in [0.15, 0.2) is 96.2 Å². The quantitative estimate of drug-likeness (QED) is 0.400. The van der Waals surface area contributed by atoms with E-state index in [1.54, 1.807) is 19.0 Å². The largest absolute Gasteiger partial charge is 0.348 e. The lowest BCUT2D eigenvalue weighted by Crippen LogP contribution is -2.26. The number of nitrogens with zero attached hydrogens (tertiary/aromatic N) is 4. The van der Waals surface area contributed by atoms with Crippen molar-refractivity contribution in [2.75, 3.05) is 14.1 Å². The second-order valence-corrected chi connectivity index (χ2v) is 8.24. The number of carbonyl (C=O) groups excluding carboxylic acids is 1. The fourth-order valence-corrected chi connectivity index (χ4v) is 4.23. The number of hydrogen-bond donors (Lipinski definition) is 0. The molecule has 5 nitrogen and oxygen atoms in total. The van der Waals surface area contributed by atoms with Crippen molar-refractivity contribution in [2.24, 2.45) is 0 Å². The molecule has 0 saturated heterocycles. The molecule has 154 valence electrons. The molecule has 6 heteroatoms. The maximum atomic E-state index is 12.9. The van der Waals surface area contributed by atoms with Crippen LogP contribution in [0.5, 0.6) is 0 Å². The average molecular weight is 427 g/mol. The van der Waals surface area contributed by atoms with E-state index >= 15 is 0 Å². The SMILES string of the molecule is CN(C)C(=O)C(Sc1nnc(-c2ccccc2)c(-c2ccccc2)n1)c1ccccc1. The minimum atomic E-state index is -0.454. The van der Waals surface area contributed by atoms with Gasteiger partial charge >= 0.3 is 0 Å². The Balaban J connectivity index is 1.77. The second-order valence-electron chi connectivity index (χ2n) is 7.16. The van der Waals surface area contributed by atoms with Gasteiger partial charge in [0, 0.05) is 25.2 Å². The molecule has 0 saturated carbocycles. The van der Waals surface area contributed by atoms with Crippen LogP contribution in [-0.4, -0.2) is 40.1 Å². The van der Waals surface area contributed by atoms with Crippen molar-refractivity contribution in [2.45, 2.75) is 10.4 Å². The molecule has 1 amide bonds.